The molecule has 0 bridgehead atoms. The van der Waals surface area contributed by atoms with E-state index in [1.165, 1.54) is 0 Å². The van der Waals surface area contributed by atoms with Crippen LogP contribution in [-0.2, 0) is 4.74 Å². The first kappa shape index (κ1) is 13.1. The number of rotatable bonds is 1. The van der Waals surface area contributed by atoms with Crippen LogP contribution in [0.2, 0.25) is 0 Å². The van der Waals surface area contributed by atoms with E-state index in [0.29, 0.717) is 17.6 Å². The molecule has 104 valence electrons. The molecule has 1 aliphatic heterocycles. The maximum Gasteiger partial charge on any atom is 0.241 e. The van der Waals surface area contributed by atoms with Crippen LogP contribution in [0.4, 0.5) is 4.39 Å². The molecule has 4 heteroatoms. The molecule has 1 fully saturated rings. The van der Waals surface area contributed by atoms with Crippen LogP contribution in [0.5, 0.6) is 0 Å². The number of halogens is 1. The van der Waals surface area contributed by atoms with Crippen molar-refractivity contribution in [1.82, 2.24) is 9.78 Å². The van der Waals surface area contributed by atoms with Crippen LogP contribution in [0, 0.1) is 17.8 Å². The first-order valence-corrected chi connectivity index (χ1v) is 7.08. The second-order valence-corrected chi connectivity index (χ2v) is 4.91. The van der Waals surface area contributed by atoms with E-state index < -0.39 is 5.95 Å². The minimum Gasteiger partial charge on any atom is -0.356 e. The molecule has 1 aromatic heterocycles. The van der Waals surface area contributed by atoms with Crippen LogP contribution >= 0.6 is 0 Å². The Morgan fingerprint density at radius 3 is 3.10 bits per heavy atom. The van der Waals surface area contributed by atoms with Crippen molar-refractivity contribution in [2.75, 3.05) is 6.61 Å². The zero-order valence-corrected chi connectivity index (χ0v) is 11.5. The predicted octanol–water partition coefficient (Wildman–Crippen LogP) is 3.64. The molecule has 0 amide bonds. The summed E-state index contributed by atoms with van der Waals surface area (Å²) >= 11 is 0. The molecule has 0 radical (unpaired) electrons. The molecule has 1 saturated heterocycles. The van der Waals surface area contributed by atoms with Gasteiger partial charge in [-0.1, -0.05) is 24.8 Å². The third-order valence-electron chi connectivity index (χ3n) is 3.52. The van der Waals surface area contributed by atoms with Gasteiger partial charge in [0.25, 0.3) is 0 Å². The summed E-state index contributed by atoms with van der Waals surface area (Å²) in [4.78, 5) is 0. The molecule has 0 spiro atoms. The molecule has 0 saturated carbocycles. The van der Waals surface area contributed by atoms with Gasteiger partial charge in [0, 0.05) is 18.6 Å². The highest BCUT2D eigenvalue weighted by molar-refractivity contribution is 5.85. The van der Waals surface area contributed by atoms with E-state index in [4.69, 9.17) is 4.74 Å². The first-order valence-electron chi connectivity index (χ1n) is 7.08. The van der Waals surface area contributed by atoms with E-state index in [2.05, 4.69) is 16.9 Å². The summed E-state index contributed by atoms with van der Waals surface area (Å²) in [5.41, 5.74) is 1.46. The summed E-state index contributed by atoms with van der Waals surface area (Å²) in [6.07, 6.45) is 3.61. The van der Waals surface area contributed by atoms with Crippen molar-refractivity contribution in [3.05, 3.63) is 29.7 Å². The summed E-state index contributed by atoms with van der Waals surface area (Å²) in [6, 6.07) is 5.60. The Morgan fingerprint density at radius 1 is 1.45 bits per heavy atom. The van der Waals surface area contributed by atoms with Crippen molar-refractivity contribution < 1.29 is 9.13 Å². The van der Waals surface area contributed by atoms with E-state index >= 15 is 0 Å². The van der Waals surface area contributed by atoms with Gasteiger partial charge in [-0.2, -0.15) is 4.39 Å². The fourth-order valence-corrected chi connectivity index (χ4v) is 2.57. The second-order valence-electron chi connectivity index (χ2n) is 4.91. The lowest BCUT2D eigenvalue weighted by molar-refractivity contribution is -0.0375. The maximum absolute atomic E-state index is 14.2. The zero-order valence-electron chi connectivity index (χ0n) is 11.5. The normalized spacial score (nSPS) is 18.8. The van der Waals surface area contributed by atoms with E-state index in [0.717, 1.165) is 31.2 Å². The van der Waals surface area contributed by atoms with E-state index in [9.17, 15) is 4.39 Å². The predicted molar refractivity (Wildman–Crippen MR) is 75.7 cm³/mol. The molecule has 20 heavy (non-hydrogen) atoms. The minimum absolute atomic E-state index is 0.162. The van der Waals surface area contributed by atoms with Gasteiger partial charge in [0.15, 0.2) is 6.23 Å². The largest absolute Gasteiger partial charge is 0.356 e. The van der Waals surface area contributed by atoms with Crippen molar-refractivity contribution in [2.24, 2.45) is 0 Å². The number of hydrogen-bond donors (Lipinski definition) is 0. The first-order chi connectivity index (χ1) is 9.81. The Labute approximate surface area is 117 Å². The number of benzene rings is 1. The molecular weight excluding hydrogens is 255 g/mol. The van der Waals surface area contributed by atoms with Gasteiger partial charge in [-0.15, -0.1) is 5.10 Å². The summed E-state index contributed by atoms with van der Waals surface area (Å²) in [5, 5.41) is 4.54. The van der Waals surface area contributed by atoms with Crippen LogP contribution in [0.15, 0.2) is 18.2 Å². The lowest BCUT2D eigenvalue weighted by Crippen LogP contribution is -2.19. The van der Waals surface area contributed by atoms with Gasteiger partial charge in [-0.3, -0.25) is 0 Å². The maximum atomic E-state index is 14.2. The Kier molecular flexibility index (Phi) is 3.70. The molecule has 0 aliphatic carbocycles. The van der Waals surface area contributed by atoms with Crippen molar-refractivity contribution >= 4 is 10.9 Å². The smallest absolute Gasteiger partial charge is 0.241 e. The van der Waals surface area contributed by atoms with Crippen LogP contribution in [0.25, 0.3) is 10.9 Å². The molecule has 3 rings (SSSR count). The average molecular weight is 272 g/mol. The number of fused-ring (bicyclic) bond motifs is 1. The minimum atomic E-state index is -0.463. The van der Waals surface area contributed by atoms with E-state index in [1.807, 2.05) is 25.1 Å². The quantitative estimate of drug-likeness (QED) is 0.741. The Morgan fingerprint density at radius 2 is 2.35 bits per heavy atom. The number of ether oxygens (including phenoxy) is 1. The van der Waals surface area contributed by atoms with Crippen LogP contribution < -0.4 is 0 Å². The highest BCUT2D eigenvalue weighted by atomic mass is 19.1. The fraction of sp³-hybridized carbons (Fsp3) is 0.438. The molecule has 1 aromatic carbocycles. The number of aromatic nitrogens is 2. The fourth-order valence-electron chi connectivity index (χ4n) is 2.57. The third kappa shape index (κ3) is 2.30. The number of nitrogens with zero attached hydrogens (tertiary/aromatic N) is 2. The SMILES string of the molecule is CCC#Cc1cccc2c1c(F)nn2C1CCCCO1. The zero-order chi connectivity index (χ0) is 13.9. The Balaban J connectivity index is 2.11. The van der Waals surface area contributed by atoms with Crippen LogP contribution in [0.3, 0.4) is 0 Å². The molecule has 1 unspecified atom stereocenters. The van der Waals surface area contributed by atoms with Gasteiger partial charge in [0.2, 0.25) is 5.95 Å². The van der Waals surface area contributed by atoms with Crippen molar-refractivity contribution in [3.8, 4) is 11.8 Å². The Hall–Kier alpha value is -1.86. The van der Waals surface area contributed by atoms with Crippen LogP contribution in [0.1, 0.15) is 44.4 Å². The average Bonchev–Trinajstić information content (AvgIpc) is 2.84. The van der Waals surface area contributed by atoms with Gasteiger partial charge in [0.1, 0.15) is 0 Å². The lowest BCUT2D eigenvalue weighted by atomic mass is 10.1. The van der Waals surface area contributed by atoms with Crippen molar-refractivity contribution in [1.29, 1.82) is 0 Å². The molecule has 1 aliphatic rings. The number of hydrogen-bond acceptors (Lipinski definition) is 2. The molecular formula is C16H17FN2O. The molecule has 1 atom stereocenters. The monoisotopic (exact) mass is 272 g/mol. The molecule has 3 nitrogen and oxygen atoms in total. The second kappa shape index (κ2) is 5.64. The summed E-state index contributed by atoms with van der Waals surface area (Å²) < 4.78 is 21.6. The third-order valence-corrected chi connectivity index (χ3v) is 3.52. The molecule has 2 aromatic rings. The summed E-state index contributed by atoms with van der Waals surface area (Å²) in [6.45, 7) is 2.69. The van der Waals surface area contributed by atoms with Crippen LogP contribution in [-0.4, -0.2) is 16.4 Å². The van der Waals surface area contributed by atoms with Gasteiger partial charge in [-0.25, -0.2) is 4.68 Å². The highest BCUT2D eigenvalue weighted by Crippen LogP contribution is 2.29. The Bertz CT molecular complexity index is 675. The molecule has 0 N–H and O–H groups in total. The standard InChI is InChI=1S/C16H17FN2O/c1-2-3-7-12-8-6-9-13-15(12)16(17)18-19(13)14-10-4-5-11-20-14/h6,8-9,14H,2,4-5,10-11H2,1H3. The van der Waals surface area contributed by atoms with Gasteiger partial charge < -0.3 is 4.74 Å². The van der Waals surface area contributed by atoms with Gasteiger partial charge in [0.05, 0.1) is 10.9 Å². The summed E-state index contributed by atoms with van der Waals surface area (Å²) in [5.74, 6) is 5.54. The van der Waals surface area contributed by atoms with E-state index in [-0.39, 0.29) is 6.23 Å². The lowest BCUT2D eigenvalue weighted by Gasteiger charge is -2.23. The van der Waals surface area contributed by atoms with Crippen molar-refractivity contribution in [3.63, 3.8) is 0 Å². The highest BCUT2D eigenvalue weighted by Gasteiger charge is 2.22. The van der Waals surface area contributed by atoms with Crippen molar-refractivity contribution in [2.45, 2.75) is 38.8 Å². The summed E-state index contributed by atoms with van der Waals surface area (Å²) in [7, 11) is 0. The van der Waals surface area contributed by atoms with Gasteiger partial charge >= 0.3 is 0 Å². The molecule has 2 heterocycles. The topological polar surface area (TPSA) is 27.1 Å². The van der Waals surface area contributed by atoms with E-state index in [1.54, 1.807) is 4.68 Å². The van der Waals surface area contributed by atoms with Gasteiger partial charge in [-0.05, 0) is 31.4 Å².